The number of pyridine rings is 1. The number of H-pyrrole nitrogens is 1. The Morgan fingerprint density at radius 1 is 0.968 bits per heavy atom. The minimum atomic E-state index is 0.0518. The van der Waals surface area contributed by atoms with E-state index in [4.69, 9.17) is 0 Å². The van der Waals surface area contributed by atoms with Gasteiger partial charge in [0.1, 0.15) is 0 Å². The number of para-hydroxylation sites is 1. The number of aromatic nitrogens is 5. The van der Waals surface area contributed by atoms with E-state index in [2.05, 4.69) is 24.7 Å². The van der Waals surface area contributed by atoms with Crippen LogP contribution in [0, 0.1) is 0 Å². The summed E-state index contributed by atoms with van der Waals surface area (Å²) < 4.78 is 2.09. The predicted octanol–water partition coefficient (Wildman–Crippen LogP) is 5.00. The van der Waals surface area contributed by atoms with Gasteiger partial charge >= 0.3 is 0 Å². The first-order chi connectivity index (χ1) is 15.2. The molecule has 3 heterocycles. The van der Waals surface area contributed by atoms with Gasteiger partial charge in [-0.05, 0) is 23.8 Å². The van der Waals surface area contributed by atoms with Gasteiger partial charge < -0.3 is 4.57 Å². The monoisotopic (exact) mass is 425 g/mol. The lowest BCUT2D eigenvalue weighted by Gasteiger charge is -2.07. The van der Waals surface area contributed by atoms with Crippen LogP contribution in [0.5, 0.6) is 0 Å². The predicted molar refractivity (Wildman–Crippen MR) is 123 cm³/mol. The van der Waals surface area contributed by atoms with E-state index in [1.54, 1.807) is 12.4 Å². The Balaban J connectivity index is 1.46. The summed E-state index contributed by atoms with van der Waals surface area (Å²) >= 11 is 1.33. The molecule has 0 aliphatic heterocycles. The van der Waals surface area contributed by atoms with Crippen LogP contribution in [0.15, 0.2) is 84.3 Å². The second kappa shape index (κ2) is 8.20. The maximum absolute atomic E-state index is 13.4. The van der Waals surface area contributed by atoms with Crippen molar-refractivity contribution in [2.75, 3.05) is 5.75 Å². The number of aromatic amines is 1. The second-order valence-corrected chi connectivity index (χ2v) is 8.02. The highest BCUT2D eigenvalue weighted by Gasteiger charge is 2.22. The van der Waals surface area contributed by atoms with E-state index >= 15 is 0 Å². The van der Waals surface area contributed by atoms with Crippen LogP contribution in [0.4, 0.5) is 0 Å². The van der Waals surface area contributed by atoms with Gasteiger partial charge in [0.15, 0.2) is 11.6 Å². The van der Waals surface area contributed by atoms with E-state index in [-0.39, 0.29) is 11.5 Å². The summed E-state index contributed by atoms with van der Waals surface area (Å²) in [5, 5.41) is 8.69. The van der Waals surface area contributed by atoms with Crippen molar-refractivity contribution < 1.29 is 4.79 Å². The number of rotatable bonds is 6. The molecule has 0 fully saturated rings. The van der Waals surface area contributed by atoms with Crippen molar-refractivity contribution in [2.45, 2.75) is 5.16 Å². The fourth-order valence-corrected chi connectivity index (χ4v) is 4.43. The Labute approximate surface area is 183 Å². The fraction of sp³-hybridized carbons (Fsp3) is 0.0833. The number of carbonyl (C=O) groups is 1. The third kappa shape index (κ3) is 3.64. The third-order valence-electron chi connectivity index (χ3n) is 5.18. The van der Waals surface area contributed by atoms with E-state index in [0.717, 1.165) is 33.3 Å². The maximum atomic E-state index is 13.4. The van der Waals surface area contributed by atoms with E-state index in [1.165, 1.54) is 11.8 Å². The molecule has 0 unspecified atom stereocenters. The SMILES string of the molecule is Cn1c(-c2ccccc2)c(C(=O)CSc2n[nH]c(-c3ccncc3)n2)c2ccccc21. The number of hydrogen-bond donors (Lipinski definition) is 1. The Morgan fingerprint density at radius 3 is 2.52 bits per heavy atom. The summed E-state index contributed by atoms with van der Waals surface area (Å²) in [5.74, 6) is 0.963. The number of Topliss-reactive ketones (excluding diaryl/α,β-unsaturated/α-hetero) is 1. The van der Waals surface area contributed by atoms with Crippen LogP contribution >= 0.6 is 11.8 Å². The van der Waals surface area contributed by atoms with Gasteiger partial charge in [-0.15, -0.1) is 5.10 Å². The van der Waals surface area contributed by atoms with Gasteiger partial charge in [-0.2, -0.15) is 0 Å². The number of thioether (sulfide) groups is 1. The van der Waals surface area contributed by atoms with Crippen molar-refractivity contribution in [2.24, 2.45) is 7.05 Å². The average Bonchev–Trinajstić information content (AvgIpc) is 3.42. The fourth-order valence-electron chi connectivity index (χ4n) is 3.76. The lowest BCUT2D eigenvalue weighted by atomic mass is 10.0. The van der Waals surface area contributed by atoms with Crippen LogP contribution < -0.4 is 0 Å². The standard InChI is InChI=1S/C24H19N5OS/c1-29-19-10-6-5-9-18(19)21(22(29)16-7-3-2-4-8-16)20(30)15-31-24-26-23(27-28-24)17-11-13-25-14-12-17/h2-14H,15H2,1H3,(H,26,27,28). The third-order valence-corrected chi connectivity index (χ3v) is 6.03. The summed E-state index contributed by atoms with van der Waals surface area (Å²) in [6, 6.07) is 21.8. The number of benzene rings is 2. The summed E-state index contributed by atoms with van der Waals surface area (Å²) in [6.45, 7) is 0. The Bertz CT molecular complexity index is 1360. The van der Waals surface area contributed by atoms with Gasteiger partial charge in [0.25, 0.3) is 0 Å². The normalized spacial score (nSPS) is 11.1. The molecule has 0 saturated heterocycles. The van der Waals surface area contributed by atoms with E-state index in [9.17, 15) is 4.79 Å². The molecule has 0 spiro atoms. The quantitative estimate of drug-likeness (QED) is 0.306. The van der Waals surface area contributed by atoms with Crippen LogP contribution in [0.25, 0.3) is 33.5 Å². The molecule has 31 heavy (non-hydrogen) atoms. The van der Waals surface area contributed by atoms with Gasteiger partial charge in [-0.1, -0.05) is 60.3 Å². The highest BCUT2D eigenvalue weighted by Crippen LogP contribution is 2.34. The lowest BCUT2D eigenvalue weighted by Crippen LogP contribution is -2.05. The molecule has 0 saturated carbocycles. The van der Waals surface area contributed by atoms with Crippen molar-refractivity contribution in [3.63, 3.8) is 0 Å². The van der Waals surface area contributed by atoms with Crippen LogP contribution in [0.1, 0.15) is 10.4 Å². The lowest BCUT2D eigenvalue weighted by molar-refractivity contribution is 0.102. The molecular weight excluding hydrogens is 406 g/mol. The van der Waals surface area contributed by atoms with Crippen LogP contribution in [0.3, 0.4) is 0 Å². The molecule has 152 valence electrons. The summed E-state index contributed by atoms with van der Waals surface area (Å²) in [7, 11) is 2.00. The van der Waals surface area contributed by atoms with Crippen molar-refractivity contribution in [3.05, 3.63) is 84.7 Å². The Hall–Kier alpha value is -3.71. The van der Waals surface area contributed by atoms with Crippen molar-refractivity contribution >= 4 is 28.4 Å². The van der Waals surface area contributed by atoms with Gasteiger partial charge in [0, 0.05) is 35.9 Å². The molecule has 6 nitrogen and oxygen atoms in total. The number of aryl methyl sites for hydroxylation is 1. The molecular formula is C24H19N5OS. The number of hydrogen-bond acceptors (Lipinski definition) is 5. The zero-order valence-corrected chi connectivity index (χ0v) is 17.6. The highest BCUT2D eigenvalue weighted by molar-refractivity contribution is 7.99. The molecule has 0 aliphatic carbocycles. The minimum absolute atomic E-state index is 0.0518. The van der Waals surface area contributed by atoms with Gasteiger partial charge in [-0.3, -0.25) is 14.9 Å². The number of ketones is 1. The second-order valence-electron chi connectivity index (χ2n) is 7.08. The molecule has 0 atom stereocenters. The summed E-state index contributed by atoms with van der Waals surface area (Å²) in [4.78, 5) is 21.9. The zero-order chi connectivity index (χ0) is 21.2. The number of fused-ring (bicyclic) bond motifs is 1. The molecule has 0 radical (unpaired) electrons. The zero-order valence-electron chi connectivity index (χ0n) is 16.8. The van der Waals surface area contributed by atoms with E-state index in [1.807, 2.05) is 73.8 Å². The van der Waals surface area contributed by atoms with Gasteiger partial charge in [0.05, 0.1) is 17.0 Å². The van der Waals surface area contributed by atoms with Crippen molar-refractivity contribution in [3.8, 4) is 22.6 Å². The molecule has 5 aromatic rings. The smallest absolute Gasteiger partial charge is 0.209 e. The molecule has 0 aliphatic rings. The van der Waals surface area contributed by atoms with E-state index < -0.39 is 0 Å². The number of carbonyl (C=O) groups excluding carboxylic acids is 1. The maximum Gasteiger partial charge on any atom is 0.209 e. The first-order valence-corrected chi connectivity index (χ1v) is 10.8. The Kier molecular flexibility index (Phi) is 5.09. The van der Waals surface area contributed by atoms with Crippen molar-refractivity contribution in [1.82, 2.24) is 24.7 Å². The van der Waals surface area contributed by atoms with E-state index in [0.29, 0.717) is 11.0 Å². The minimum Gasteiger partial charge on any atom is -0.343 e. The van der Waals surface area contributed by atoms with Crippen LogP contribution in [-0.2, 0) is 7.05 Å². The molecule has 0 bridgehead atoms. The average molecular weight is 426 g/mol. The molecule has 1 N–H and O–H groups in total. The van der Waals surface area contributed by atoms with Gasteiger partial charge in [-0.25, -0.2) is 4.98 Å². The van der Waals surface area contributed by atoms with Crippen LogP contribution in [0.2, 0.25) is 0 Å². The highest BCUT2D eigenvalue weighted by atomic mass is 32.2. The molecule has 7 heteroatoms. The Morgan fingerprint density at radius 2 is 1.71 bits per heavy atom. The number of nitrogens with one attached hydrogen (secondary N) is 1. The first-order valence-electron chi connectivity index (χ1n) is 9.84. The topological polar surface area (TPSA) is 76.5 Å². The van der Waals surface area contributed by atoms with Gasteiger partial charge in [0.2, 0.25) is 5.16 Å². The largest absolute Gasteiger partial charge is 0.343 e. The molecule has 3 aromatic heterocycles. The summed E-state index contributed by atoms with van der Waals surface area (Å²) in [6.07, 6.45) is 3.42. The molecule has 0 amide bonds. The molecule has 2 aromatic carbocycles. The molecule has 5 rings (SSSR count). The number of nitrogens with zero attached hydrogens (tertiary/aromatic N) is 4. The van der Waals surface area contributed by atoms with Crippen LogP contribution in [-0.4, -0.2) is 36.3 Å². The van der Waals surface area contributed by atoms with Crippen molar-refractivity contribution in [1.29, 1.82) is 0 Å². The first kappa shape index (κ1) is 19.3. The summed E-state index contributed by atoms with van der Waals surface area (Å²) in [5.41, 5.74) is 4.63.